The standard InChI is InChI=1S/C25H31FN2/c1-19(2)28(17-21-7-5-4-6-8-21)20(3)15-16-25(18-27,22-9-10-22)23-11-13-24(26)14-12-23/h4-8,11-14,19-20,22H,9-10,15-17H2,1-3H3. The molecule has 3 heteroatoms. The van der Waals surface area contributed by atoms with E-state index in [0.717, 1.165) is 37.8 Å². The Morgan fingerprint density at radius 3 is 2.25 bits per heavy atom. The zero-order valence-electron chi connectivity index (χ0n) is 17.2. The maximum absolute atomic E-state index is 13.4. The van der Waals surface area contributed by atoms with E-state index in [9.17, 15) is 9.65 Å². The summed E-state index contributed by atoms with van der Waals surface area (Å²) in [6, 6.07) is 20.6. The average Bonchev–Trinajstić information content (AvgIpc) is 3.54. The molecule has 3 rings (SSSR count). The van der Waals surface area contributed by atoms with Crippen LogP contribution in [0.5, 0.6) is 0 Å². The first-order valence-electron chi connectivity index (χ1n) is 10.4. The lowest BCUT2D eigenvalue weighted by atomic mass is 9.73. The van der Waals surface area contributed by atoms with E-state index in [0.29, 0.717) is 18.0 Å². The molecule has 0 radical (unpaired) electrons. The van der Waals surface area contributed by atoms with Crippen LogP contribution in [0.4, 0.5) is 4.39 Å². The molecule has 2 aromatic carbocycles. The van der Waals surface area contributed by atoms with E-state index in [1.807, 2.05) is 18.2 Å². The Kier molecular flexibility index (Phi) is 6.52. The molecule has 0 aliphatic heterocycles. The van der Waals surface area contributed by atoms with Crippen molar-refractivity contribution in [3.63, 3.8) is 0 Å². The first-order valence-corrected chi connectivity index (χ1v) is 10.4. The second-order valence-electron chi connectivity index (χ2n) is 8.50. The third kappa shape index (κ3) is 4.62. The predicted octanol–water partition coefficient (Wildman–Crippen LogP) is 6.08. The van der Waals surface area contributed by atoms with Crippen LogP contribution in [0.3, 0.4) is 0 Å². The smallest absolute Gasteiger partial charge is 0.123 e. The maximum atomic E-state index is 13.4. The van der Waals surface area contributed by atoms with E-state index in [1.165, 1.54) is 17.7 Å². The largest absolute Gasteiger partial charge is 0.294 e. The summed E-state index contributed by atoms with van der Waals surface area (Å²) >= 11 is 0. The second kappa shape index (κ2) is 8.88. The van der Waals surface area contributed by atoms with Crippen molar-refractivity contribution in [2.24, 2.45) is 5.92 Å². The summed E-state index contributed by atoms with van der Waals surface area (Å²) in [5, 5.41) is 10.1. The lowest BCUT2D eigenvalue weighted by Crippen LogP contribution is -2.39. The van der Waals surface area contributed by atoms with Gasteiger partial charge in [0.2, 0.25) is 0 Å². The van der Waals surface area contributed by atoms with Crippen molar-refractivity contribution in [3.8, 4) is 6.07 Å². The molecule has 0 amide bonds. The van der Waals surface area contributed by atoms with Gasteiger partial charge in [0, 0.05) is 18.6 Å². The second-order valence-corrected chi connectivity index (χ2v) is 8.50. The highest BCUT2D eigenvalue weighted by atomic mass is 19.1. The van der Waals surface area contributed by atoms with Gasteiger partial charge >= 0.3 is 0 Å². The van der Waals surface area contributed by atoms with Gasteiger partial charge in [-0.05, 0) is 75.6 Å². The average molecular weight is 379 g/mol. The van der Waals surface area contributed by atoms with Gasteiger partial charge in [0.05, 0.1) is 11.5 Å². The van der Waals surface area contributed by atoms with Crippen molar-refractivity contribution >= 4 is 0 Å². The van der Waals surface area contributed by atoms with Crippen LogP contribution < -0.4 is 0 Å². The molecule has 1 fully saturated rings. The molecule has 0 saturated heterocycles. The number of halogens is 1. The van der Waals surface area contributed by atoms with Gasteiger partial charge in [0.1, 0.15) is 5.82 Å². The third-order valence-corrected chi connectivity index (χ3v) is 6.23. The highest BCUT2D eigenvalue weighted by Crippen LogP contribution is 2.50. The van der Waals surface area contributed by atoms with E-state index < -0.39 is 5.41 Å². The van der Waals surface area contributed by atoms with Crippen molar-refractivity contribution in [2.75, 3.05) is 0 Å². The fraction of sp³-hybridized carbons (Fsp3) is 0.480. The lowest BCUT2D eigenvalue weighted by Gasteiger charge is -2.35. The number of hydrogen-bond acceptors (Lipinski definition) is 2. The molecule has 2 atom stereocenters. The molecule has 0 N–H and O–H groups in total. The molecular weight excluding hydrogens is 347 g/mol. The molecule has 2 unspecified atom stereocenters. The van der Waals surface area contributed by atoms with Crippen molar-refractivity contribution in [1.29, 1.82) is 5.26 Å². The summed E-state index contributed by atoms with van der Waals surface area (Å²) in [6.07, 6.45) is 3.96. The molecule has 0 aromatic heterocycles. The zero-order valence-corrected chi connectivity index (χ0v) is 17.2. The number of hydrogen-bond donors (Lipinski definition) is 0. The van der Waals surface area contributed by atoms with Crippen LogP contribution in [0.1, 0.15) is 57.6 Å². The van der Waals surface area contributed by atoms with Gasteiger partial charge in [0.15, 0.2) is 0 Å². The van der Waals surface area contributed by atoms with Crippen molar-refractivity contribution in [1.82, 2.24) is 4.90 Å². The van der Waals surface area contributed by atoms with Crippen molar-refractivity contribution in [2.45, 2.75) is 70.5 Å². The van der Waals surface area contributed by atoms with Crippen LogP contribution in [0.15, 0.2) is 54.6 Å². The van der Waals surface area contributed by atoms with Crippen LogP contribution in [0, 0.1) is 23.1 Å². The highest BCUT2D eigenvalue weighted by Gasteiger charge is 2.46. The Morgan fingerprint density at radius 1 is 1.07 bits per heavy atom. The van der Waals surface area contributed by atoms with Crippen LogP contribution in [0.25, 0.3) is 0 Å². The van der Waals surface area contributed by atoms with Crippen LogP contribution >= 0.6 is 0 Å². The van der Waals surface area contributed by atoms with Crippen LogP contribution in [-0.4, -0.2) is 17.0 Å². The molecule has 0 bridgehead atoms. The molecule has 28 heavy (non-hydrogen) atoms. The first-order chi connectivity index (χ1) is 13.5. The Bertz CT molecular complexity index is 790. The van der Waals surface area contributed by atoms with Gasteiger partial charge in [-0.15, -0.1) is 0 Å². The SMILES string of the molecule is CC(C)N(Cc1ccccc1)C(C)CCC(C#N)(c1ccc(F)cc1)C1CC1. The lowest BCUT2D eigenvalue weighted by molar-refractivity contribution is 0.140. The first kappa shape index (κ1) is 20.6. The quantitative estimate of drug-likeness (QED) is 0.529. The van der Waals surface area contributed by atoms with E-state index in [-0.39, 0.29) is 5.82 Å². The molecular formula is C25H31FN2. The topological polar surface area (TPSA) is 27.0 Å². The maximum Gasteiger partial charge on any atom is 0.123 e. The molecule has 1 aliphatic rings. The van der Waals surface area contributed by atoms with Gasteiger partial charge in [-0.1, -0.05) is 42.5 Å². The predicted molar refractivity (Wildman–Crippen MR) is 112 cm³/mol. The minimum atomic E-state index is -0.489. The van der Waals surface area contributed by atoms with E-state index >= 15 is 0 Å². The molecule has 148 valence electrons. The fourth-order valence-electron chi connectivity index (χ4n) is 4.36. The Hall–Kier alpha value is -2.18. The summed E-state index contributed by atoms with van der Waals surface area (Å²) in [6.45, 7) is 7.65. The summed E-state index contributed by atoms with van der Waals surface area (Å²) in [5.74, 6) is 0.158. The number of nitrogens with zero attached hydrogens (tertiary/aromatic N) is 2. The van der Waals surface area contributed by atoms with Gasteiger partial charge in [0.25, 0.3) is 0 Å². The van der Waals surface area contributed by atoms with Gasteiger partial charge in [-0.3, -0.25) is 4.90 Å². The minimum Gasteiger partial charge on any atom is -0.294 e. The minimum absolute atomic E-state index is 0.242. The molecule has 1 aliphatic carbocycles. The van der Waals surface area contributed by atoms with Crippen molar-refractivity contribution in [3.05, 3.63) is 71.5 Å². The normalized spacial score (nSPS) is 17.3. The number of benzene rings is 2. The van der Waals surface area contributed by atoms with Crippen LogP contribution in [-0.2, 0) is 12.0 Å². The van der Waals surface area contributed by atoms with Gasteiger partial charge < -0.3 is 0 Å². The Balaban J connectivity index is 1.74. The number of nitriles is 1. The van der Waals surface area contributed by atoms with E-state index in [4.69, 9.17) is 0 Å². The van der Waals surface area contributed by atoms with E-state index in [2.05, 4.69) is 56.0 Å². The molecule has 2 nitrogen and oxygen atoms in total. The fourth-order valence-corrected chi connectivity index (χ4v) is 4.36. The number of rotatable bonds is 9. The summed E-state index contributed by atoms with van der Waals surface area (Å²) in [4.78, 5) is 2.51. The molecule has 1 saturated carbocycles. The third-order valence-electron chi connectivity index (χ3n) is 6.23. The van der Waals surface area contributed by atoms with Gasteiger partial charge in [-0.25, -0.2) is 4.39 Å². The van der Waals surface area contributed by atoms with E-state index in [1.54, 1.807) is 0 Å². The Labute approximate surface area is 169 Å². The van der Waals surface area contributed by atoms with Crippen molar-refractivity contribution < 1.29 is 4.39 Å². The Morgan fingerprint density at radius 2 is 1.71 bits per heavy atom. The summed E-state index contributed by atoms with van der Waals surface area (Å²) in [5.41, 5.74) is 1.80. The zero-order chi connectivity index (χ0) is 20.1. The highest BCUT2D eigenvalue weighted by molar-refractivity contribution is 5.35. The van der Waals surface area contributed by atoms with Crippen LogP contribution in [0.2, 0.25) is 0 Å². The molecule has 0 spiro atoms. The monoisotopic (exact) mass is 378 g/mol. The summed E-state index contributed by atoms with van der Waals surface area (Å²) < 4.78 is 13.4. The van der Waals surface area contributed by atoms with Gasteiger partial charge in [-0.2, -0.15) is 5.26 Å². The molecule has 0 heterocycles. The summed E-state index contributed by atoms with van der Waals surface area (Å²) in [7, 11) is 0. The molecule has 2 aromatic rings.